The number of aromatic nitrogens is 1. The summed E-state index contributed by atoms with van der Waals surface area (Å²) in [6, 6.07) is 3.74. The fraction of sp³-hybridized carbons (Fsp3) is 0.615. The van der Waals surface area contributed by atoms with E-state index >= 15 is 0 Å². The fourth-order valence-electron chi connectivity index (χ4n) is 1.71. The molecule has 0 aliphatic heterocycles. The van der Waals surface area contributed by atoms with Crippen LogP contribution in [0.1, 0.15) is 37.9 Å². The van der Waals surface area contributed by atoms with Crippen molar-refractivity contribution in [3.8, 4) is 5.75 Å². The number of ether oxygens (including phenoxy) is 1. The second-order valence-electron chi connectivity index (χ2n) is 4.24. The van der Waals surface area contributed by atoms with E-state index in [1.54, 1.807) is 12.3 Å². The van der Waals surface area contributed by atoms with Crippen LogP contribution in [0, 0.1) is 0 Å². The first-order valence-corrected chi connectivity index (χ1v) is 6.29. The number of hydrogen-bond acceptors (Lipinski definition) is 3. The lowest BCUT2D eigenvalue weighted by atomic mass is 10.1. The third kappa shape index (κ3) is 5.92. The molecule has 0 amide bonds. The molecular weight excluding hydrogens is 257 g/mol. The van der Waals surface area contributed by atoms with E-state index < -0.39 is 12.6 Å². The summed E-state index contributed by atoms with van der Waals surface area (Å²) >= 11 is 0. The zero-order valence-electron chi connectivity index (χ0n) is 11.1. The molecule has 1 N–H and O–H groups in total. The third-order valence-electron chi connectivity index (χ3n) is 2.75. The monoisotopic (exact) mass is 276 g/mol. The van der Waals surface area contributed by atoms with Crippen molar-refractivity contribution in [2.24, 2.45) is 0 Å². The van der Waals surface area contributed by atoms with Crippen LogP contribution in [0.5, 0.6) is 5.75 Å². The number of hydrogen-bond donors (Lipinski definition) is 1. The van der Waals surface area contributed by atoms with Gasteiger partial charge in [-0.05, 0) is 32.0 Å². The minimum absolute atomic E-state index is 0.0423. The fourth-order valence-corrected chi connectivity index (χ4v) is 1.71. The summed E-state index contributed by atoms with van der Waals surface area (Å²) in [5, 5.41) is 3.13. The van der Waals surface area contributed by atoms with Crippen molar-refractivity contribution in [2.45, 2.75) is 38.4 Å². The highest BCUT2D eigenvalue weighted by molar-refractivity contribution is 5.21. The summed E-state index contributed by atoms with van der Waals surface area (Å²) in [5.74, 6) is 0.497. The quantitative estimate of drug-likeness (QED) is 0.774. The van der Waals surface area contributed by atoms with Crippen LogP contribution in [0.4, 0.5) is 13.2 Å². The van der Waals surface area contributed by atoms with Crippen molar-refractivity contribution in [1.82, 2.24) is 10.3 Å². The SMILES string of the molecule is CCC(NC)c1ccc(OCCCC(F)(F)F)cn1. The van der Waals surface area contributed by atoms with Gasteiger partial charge in [-0.2, -0.15) is 13.2 Å². The Bertz CT molecular complexity index is 361. The topological polar surface area (TPSA) is 34.1 Å². The molecule has 0 saturated heterocycles. The number of nitrogens with zero attached hydrogens (tertiary/aromatic N) is 1. The number of alkyl halides is 3. The molecule has 0 aliphatic rings. The molecule has 1 atom stereocenters. The van der Waals surface area contributed by atoms with Gasteiger partial charge >= 0.3 is 6.18 Å². The molecule has 0 aliphatic carbocycles. The molecule has 0 aromatic carbocycles. The average molecular weight is 276 g/mol. The van der Waals surface area contributed by atoms with Crippen LogP contribution in [0.15, 0.2) is 18.3 Å². The van der Waals surface area contributed by atoms with Gasteiger partial charge in [0.2, 0.25) is 0 Å². The Morgan fingerprint density at radius 2 is 2.11 bits per heavy atom. The zero-order chi connectivity index (χ0) is 14.3. The van der Waals surface area contributed by atoms with E-state index in [4.69, 9.17) is 4.74 Å². The predicted octanol–water partition coefficient (Wildman–Crippen LogP) is 3.47. The van der Waals surface area contributed by atoms with Crippen molar-refractivity contribution in [3.05, 3.63) is 24.0 Å². The standard InChI is InChI=1S/C13H19F3N2O/c1-3-11(17-2)12-6-5-10(9-18-12)19-8-4-7-13(14,15)16/h5-6,9,11,17H,3-4,7-8H2,1-2H3. The highest BCUT2D eigenvalue weighted by Gasteiger charge is 2.26. The Balaban J connectivity index is 2.40. The lowest BCUT2D eigenvalue weighted by Gasteiger charge is -2.13. The van der Waals surface area contributed by atoms with Crippen LogP contribution < -0.4 is 10.1 Å². The minimum atomic E-state index is -4.12. The molecule has 1 aromatic heterocycles. The largest absolute Gasteiger partial charge is 0.492 e. The van der Waals surface area contributed by atoms with Crippen LogP contribution >= 0.6 is 0 Å². The van der Waals surface area contributed by atoms with E-state index in [0.717, 1.165) is 12.1 Å². The van der Waals surface area contributed by atoms with Crippen LogP contribution in [-0.2, 0) is 0 Å². The van der Waals surface area contributed by atoms with Crippen LogP contribution in [-0.4, -0.2) is 24.8 Å². The van der Waals surface area contributed by atoms with Gasteiger partial charge in [0.1, 0.15) is 5.75 Å². The summed E-state index contributed by atoms with van der Waals surface area (Å²) in [6.45, 7) is 2.09. The maximum atomic E-state index is 11.9. The van der Waals surface area contributed by atoms with Crippen molar-refractivity contribution >= 4 is 0 Å². The smallest absolute Gasteiger partial charge is 0.389 e. The van der Waals surface area contributed by atoms with Crippen LogP contribution in [0.3, 0.4) is 0 Å². The van der Waals surface area contributed by atoms with Gasteiger partial charge in [0.25, 0.3) is 0 Å². The molecule has 19 heavy (non-hydrogen) atoms. The number of nitrogens with one attached hydrogen (secondary N) is 1. The van der Waals surface area contributed by atoms with Crippen LogP contribution in [0.2, 0.25) is 0 Å². The van der Waals surface area contributed by atoms with Crippen molar-refractivity contribution in [2.75, 3.05) is 13.7 Å². The number of pyridine rings is 1. The van der Waals surface area contributed by atoms with Crippen molar-refractivity contribution in [3.63, 3.8) is 0 Å². The van der Waals surface area contributed by atoms with E-state index in [2.05, 4.69) is 10.3 Å². The molecule has 108 valence electrons. The molecule has 3 nitrogen and oxygen atoms in total. The molecule has 1 heterocycles. The van der Waals surface area contributed by atoms with E-state index in [-0.39, 0.29) is 19.1 Å². The number of halogens is 3. The molecule has 0 fully saturated rings. The van der Waals surface area contributed by atoms with E-state index in [1.165, 1.54) is 0 Å². The van der Waals surface area contributed by atoms with Gasteiger partial charge in [0.15, 0.2) is 0 Å². The average Bonchev–Trinajstić information content (AvgIpc) is 2.37. The molecule has 0 bridgehead atoms. The molecule has 0 spiro atoms. The van der Waals surface area contributed by atoms with Crippen molar-refractivity contribution in [1.29, 1.82) is 0 Å². The first-order valence-electron chi connectivity index (χ1n) is 6.29. The normalized spacial score (nSPS) is 13.3. The molecule has 6 heteroatoms. The molecule has 0 saturated carbocycles. The van der Waals surface area contributed by atoms with E-state index in [1.807, 2.05) is 20.0 Å². The second kappa shape index (κ2) is 7.33. The zero-order valence-corrected chi connectivity index (χ0v) is 11.1. The summed E-state index contributed by atoms with van der Waals surface area (Å²) in [6.07, 6.45) is -2.53. The van der Waals surface area contributed by atoms with Gasteiger partial charge in [0.05, 0.1) is 18.5 Å². The first kappa shape index (κ1) is 15.8. The Kier molecular flexibility index (Phi) is 6.08. The molecule has 1 aromatic rings. The summed E-state index contributed by atoms with van der Waals surface area (Å²) < 4.78 is 41.0. The highest BCUT2D eigenvalue weighted by Crippen LogP contribution is 2.22. The lowest BCUT2D eigenvalue weighted by molar-refractivity contribution is -0.136. The van der Waals surface area contributed by atoms with Gasteiger partial charge < -0.3 is 10.1 Å². The Hall–Kier alpha value is -1.30. The van der Waals surface area contributed by atoms with E-state index in [9.17, 15) is 13.2 Å². The predicted molar refractivity (Wildman–Crippen MR) is 67.1 cm³/mol. The van der Waals surface area contributed by atoms with Crippen LogP contribution in [0.25, 0.3) is 0 Å². The number of rotatable bonds is 7. The minimum Gasteiger partial charge on any atom is -0.492 e. The Morgan fingerprint density at radius 1 is 1.37 bits per heavy atom. The maximum absolute atomic E-state index is 11.9. The molecule has 0 radical (unpaired) electrons. The summed E-state index contributed by atoms with van der Waals surface area (Å²) in [5.41, 5.74) is 0.896. The van der Waals surface area contributed by atoms with E-state index in [0.29, 0.717) is 5.75 Å². The maximum Gasteiger partial charge on any atom is 0.389 e. The lowest BCUT2D eigenvalue weighted by Crippen LogP contribution is -2.16. The molecule has 1 rings (SSSR count). The molecule has 1 unspecified atom stereocenters. The Morgan fingerprint density at radius 3 is 2.58 bits per heavy atom. The van der Waals surface area contributed by atoms with Gasteiger partial charge in [-0.1, -0.05) is 6.92 Å². The van der Waals surface area contributed by atoms with Gasteiger partial charge in [0, 0.05) is 12.5 Å². The summed E-state index contributed by atoms with van der Waals surface area (Å²) in [4.78, 5) is 4.24. The Labute approximate surface area is 111 Å². The second-order valence-corrected chi connectivity index (χ2v) is 4.24. The first-order chi connectivity index (χ1) is 8.96. The highest BCUT2D eigenvalue weighted by atomic mass is 19.4. The van der Waals surface area contributed by atoms with Gasteiger partial charge in [-0.15, -0.1) is 0 Å². The third-order valence-corrected chi connectivity index (χ3v) is 2.75. The molecular formula is C13H19F3N2O. The summed E-state index contributed by atoms with van der Waals surface area (Å²) in [7, 11) is 1.86. The van der Waals surface area contributed by atoms with Gasteiger partial charge in [-0.25, -0.2) is 0 Å². The van der Waals surface area contributed by atoms with Crippen molar-refractivity contribution < 1.29 is 17.9 Å². The van der Waals surface area contributed by atoms with Gasteiger partial charge in [-0.3, -0.25) is 4.98 Å².